The van der Waals surface area contributed by atoms with Crippen molar-refractivity contribution in [2.75, 3.05) is 19.6 Å². The summed E-state index contributed by atoms with van der Waals surface area (Å²) in [5, 5.41) is 11.8. The summed E-state index contributed by atoms with van der Waals surface area (Å²) in [7, 11) is 0. The molecule has 0 saturated carbocycles. The normalized spacial score (nSPS) is 35.4. The second-order valence-electron chi connectivity index (χ2n) is 4.27. The van der Waals surface area contributed by atoms with Gasteiger partial charge in [-0.25, -0.2) is 0 Å². The molecule has 1 N–H and O–H groups in total. The summed E-state index contributed by atoms with van der Waals surface area (Å²) in [5.41, 5.74) is 0.0356. The first-order valence-electron chi connectivity index (χ1n) is 5.09. The Hall–Kier alpha value is -1.08. The molecule has 1 spiro atoms. The number of likely N-dealkylation sites (tertiary alicyclic amines) is 1. The monoisotopic (exact) mass is 193 g/mol. The fraction of sp³-hybridized carbons (Fsp3) is 0.800. The van der Waals surface area contributed by atoms with E-state index in [4.69, 9.17) is 5.26 Å². The molecule has 2 aliphatic heterocycles. The molecule has 0 aliphatic carbocycles. The van der Waals surface area contributed by atoms with Crippen molar-refractivity contribution < 1.29 is 4.79 Å². The van der Waals surface area contributed by atoms with Crippen molar-refractivity contribution in [1.82, 2.24) is 10.2 Å². The number of carbonyl (C=O) groups is 1. The number of nitrogens with one attached hydrogen (secondary N) is 1. The molecule has 0 unspecified atom stereocenters. The van der Waals surface area contributed by atoms with E-state index in [1.165, 1.54) is 0 Å². The van der Waals surface area contributed by atoms with E-state index in [1.54, 1.807) is 0 Å². The largest absolute Gasteiger partial charge is 0.334 e. The lowest BCUT2D eigenvalue weighted by molar-refractivity contribution is -0.152. The second kappa shape index (κ2) is 3.25. The molecule has 2 rings (SSSR count). The summed E-state index contributed by atoms with van der Waals surface area (Å²) in [6.45, 7) is 4.89. The van der Waals surface area contributed by atoms with Crippen LogP contribution in [0.25, 0.3) is 0 Å². The summed E-state index contributed by atoms with van der Waals surface area (Å²) in [6.07, 6.45) is 1.06. The van der Waals surface area contributed by atoms with Gasteiger partial charge in [0.05, 0.1) is 11.6 Å². The van der Waals surface area contributed by atoms with Crippen molar-refractivity contribution in [1.29, 1.82) is 5.26 Å². The van der Waals surface area contributed by atoms with Gasteiger partial charge < -0.3 is 10.2 Å². The van der Waals surface area contributed by atoms with Crippen LogP contribution in [0.4, 0.5) is 0 Å². The van der Waals surface area contributed by atoms with Crippen molar-refractivity contribution in [3.05, 3.63) is 0 Å². The van der Waals surface area contributed by atoms with Crippen LogP contribution in [-0.4, -0.2) is 36.0 Å². The maximum Gasteiger partial charge on any atom is 0.237 e. The van der Waals surface area contributed by atoms with Gasteiger partial charge in [-0.15, -0.1) is 0 Å². The number of hydrogen-bond donors (Lipinski definition) is 1. The predicted molar refractivity (Wildman–Crippen MR) is 51.3 cm³/mol. The van der Waals surface area contributed by atoms with Crippen molar-refractivity contribution in [3.8, 4) is 6.07 Å². The highest BCUT2D eigenvalue weighted by molar-refractivity contribution is 5.80. The minimum absolute atomic E-state index is 0.00528. The van der Waals surface area contributed by atoms with Gasteiger partial charge in [-0.05, 0) is 18.9 Å². The Labute approximate surface area is 83.9 Å². The Kier molecular flexibility index (Phi) is 2.20. The van der Waals surface area contributed by atoms with Crippen LogP contribution in [0.1, 0.15) is 19.8 Å². The van der Waals surface area contributed by atoms with E-state index >= 15 is 0 Å². The van der Waals surface area contributed by atoms with Gasteiger partial charge in [-0.1, -0.05) is 6.92 Å². The van der Waals surface area contributed by atoms with Gasteiger partial charge in [-0.2, -0.15) is 5.26 Å². The Morgan fingerprint density at radius 2 is 2.57 bits per heavy atom. The minimum atomic E-state index is -0.00528. The lowest BCUT2D eigenvalue weighted by Crippen LogP contribution is -2.69. The van der Waals surface area contributed by atoms with E-state index in [0.717, 1.165) is 26.1 Å². The number of amides is 1. The van der Waals surface area contributed by atoms with Gasteiger partial charge in [0.15, 0.2) is 0 Å². The molecule has 2 saturated heterocycles. The zero-order chi connectivity index (χ0) is 10.2. The van der Waals surface area contributed by atoms with Crippen LogP contribution >= 0.6 is 0 Å². The van der Waals surface area contributed by atoms with Crippen molar-refractivity contribution in [3.63, 3.8) is 0 Å². The van der Waals surface area contributed by atoms with Crippen LogP contribution in [0.2, 0.25) is 0 Å². The molecule has 0 bridgehead atoms. The zero-order valence-electron chi connectivity index (χ0n) is 8.42. The van der Waals surface area contributed by atoms with Gasteiger partial charge in [-0.3, -0.25) is 4.79 Å². The van der Waals surface area contributed by atoms with Crippen LogP contribution in [0.3, 0.4) is 0 Å². The molecule has 14 heavy (non-hydrogen) atoms. The molecule has 1 amide bonds. The molecule has 0 aromatic heterocycles. The highest BCUT2D eigenvalue weighted by Gasteiger charge is 2.54. The number of rotatable bonds is 1. The molecule has 2 heterocycles. The maximum absolute atomic E-state index is 11.6. The molecule has 0 aromatic rings. The quantitative estimate of drug-likeness (QED) is 0.643. The summed E-state index contributed by atoms with van der Waals surface area (Å²) >= 11 is 0. The predicted octanol–water partition coefficient (Wildman–Crippen LogP) is 0.110. The van der Waals surface area contributed by atoms with Crippen LogP contribution in [0.5, 0.6) is 0 Å². The molecule has 2 fully saturated rings. The first-order chi connectivity index (χ1) is 6.70. The number of carbonyl (C=O) groups excluding carboxylic acids is 1. The Morgan fingerprint density at radius 1 is 1.79 bits per heavy atom. The molecule has 0 radical (unpaired) electrons. The Bertz CT molecular complexity index is 288. The highest BCUT2D eigenvalue weighted by Crippen LogP contribution is 2.41. The lowest BCUT2D eigenvalue weighted by atomic mass is 9.74. The molecule has 76 valence electrons. The third-order valence-electron chi connectivity index (χ3n) is 3.61. The first kappa shape index (κ1) is 9.47. The van der Waals surface area contributed by atoms with Crippen LogP contribution in [0, 0.1) is 17.2 Å². The van der Waals surface area contributed by atoms with Gasteiger partial charge in [0.1, 0.15) is 6.42 Å². The molecule has 4 heteroatoms. The zero-order valence-corrected chi connectivity index (χ0v) is 8.42. The van der Waals surface area contributed by atoms with Gasteiger partial charge in [0.2, 0.25) is 5.91 Å². The van der Waals surface area contributed by atoms with E-state index in [9.17, 15) is 4.79 Å². The number of hydrogen-bond acceptors (Lipinski definition) is 3. The van der Waals surface area contributed by atoms with Crippen LogP contribution < -0.4 is 5.32 Å². The van der Waals surface area contributed by atoms with Crippen molar-refractivity contribution >= 4 is 5.91 Å². The number of nitriles is 1. The van der Waals surface area contributed by atoms with Gasteiger partial charge in [0, 0.05) is 13.1 Å². The van der Waals surface area contributed by atoms with Crippen LogP contribution in [-0.2, 0) is 4.79 Å². The van der Waals surface area contributed by atoms with E-state index in [0.29, 0.717) is 5.92 Å². The van der Waals surface area contributed by atoms with E-state index < -0.39 is 0 Å². The minimum Gasteiger partial charge on any atom is -0.334 e. The van der Waals surface area contributed by atoms with Gasteiger partial charge >= 0.3 is 0 Å². The Balaban J connectivity index is 2.08. The standard InChI is InChI=1S/C10H15N3O/c1-8-6-13(9(14)2-4-11)10(8)3-5-12-7-10/h8,12H,2-3,5-7H2,1H3/t8-,10-/m0/s1. The summed E-state index contributed by atoms with van der Waals surface area (Å²) in [6, 6.07) is 1.93. The lowest BCUT2D eigenvalue weighted by Gasteiger charge is -2.55. The molecule has 0 aromatic carbocycles. The fourth-order valence-electron chi connectivity index (χ4n) is 2.64. The average molecular weight is 193 g/mol. The highest BCUT2D eigenvalue weighted by atomic mass is 16.2. The van der Waals surface area contributed by atoms with Crippen molar-refractivity contribution in [2.24, 2.45) is 5.92 Å². The SMILES string of the molecule is C[C@H]1CN(C(=O)CC#N)[C@]12CCNC2. The fourth-order valence-corrected chi connectivity index (χ4v) is 2.64. The molecule has 2 atom stereocenters. The summed E-state index contributed by atoms with van der Waals surface area (Å²) in [4.78, 5) is 13.5. The second-order valence-corrected chi connectivity index (χ2v) is 4.27. The molecule has 4 nitrogen and oxygen atoms in total. The molecular formula is C10H15N3O. The van der Waals surface area contributed by atoms with Crippen LogP contribution in [0.15, 0.2) is 0 Å². The third kappa shape index (κ3) is 1.12. The number of nitrogens with zero attached hydrogens (tertiary/aromatic N) is 2. The van der Waals surface area contributed by atoms with E-state index in [2.05, 4.69) is 12.2 Å². The summed E-state index contributed by atoms with van der Waals surface area (Å²) < 4.78 is 0. The van der Waals surface area contributed by atoms with E-state index in [1.807, 2.05) is 11.0 Å². The third-order valence-corrected chi connectivity index (χ3v) is 3.61. The summed E-state index contributed by atoms with van der Waals surface area (Å²) in [5.74, 6) is 0.564. The first-order valence-corrected chi connectivity index (χ1v) is 5.09. The van der Waals surface area contributed by atoms with Crippen molar-refractivity contribution in [2.45, 2.75) is 25.3 Å². The van der Waals surface area contributed by atoms with Gasteiger partial charge in [0.25, 0.3) is 0 Å². The maximum atomic E-state index is 11.6. The smallest absolute Gasteiger partial charge is 0.237 e. The van der Waals surface area contributed by atoms with E-state index in [-0.39, 0.29) is 17.9 Å². The Morgan fingerprint density at radius 3 is 3.07 bits per heavy atom. The molecule has 2 aliphatic rings. The molecular weight excluding hydrogens is 178 g/mol. The topological polar surface area (TPSA) is 56.1 Å². The average Bonchev–Trinajstić information content (AvgIpc) is 2.65.